The van der Waals surface area contributed by atoms with Crippen LogP contribution in [0.1, 0.15) is 22.5 Å². The quantitative estimate of drug-likeness (QED) is 0.609. The van der Waals surface area contributed by atoms with Crippen molar-refractivity contribution in [2.45, 2.75) is 20.8 Å². The maximum atomic E-state index is 3.71. The van der Waals surface area contributed by atoms with Gasteiger partial charge in [0.15, 0.2) is 0 Å². The highest BCUT2D eigenvalue weighted by atomic mass is 14.7. The summed E-state index contributed by atoms with van der Waals surface area (Å²) in [6, 6.07) is 0. The zero-order valence-electron chi connectivity index (χ0n) is 6.78. The van der Waals surface area contributed by atoms with Crippen LogP contribution in [0, 0.1) is 20.8 Å². The molecule has 1 rings (SSSR count). The molecular weight excluding hydrogens is 122 g/mol. The lowest BCUT2D eigenvalue weighted by atomic mass is 10.1. The Labute approximate surface area is 61.8 Å². The number of nitrogens with one attached hydrogen (secondary N) is 1. The second-order valence-electron chi connectivity index (χ2n) is 2.62. The molecule has 0 aliphatic heterocycles. The van der Waals surface area contributed by atoms with Crippen LogP contribution in [-0.4, -0.2) is 4.98 Å². The monoisotopic (exact) mass is 135 g/mol. The van der Waals surface area contributed by atoms with Crippen molar-refractivity contribution >= 4 is 6.08 Å². The molecule has 1 aromatic heterocycles. The molecule has 0 aliphatic carbocycles. The molecule has 0 radical (unpaired) electrons. The first kappa shape index (κ1) is 7.13. The van der Waals surface area contributed by atoms with E-state index in [4.69, 9.17) is 0 Å². The third kappa shape index (κ3) is 0.878. The van der Waals surface area contributed by atoms with Gasteiger partial charge in [-0.2, -0.15) is 0 Å². The second kappa shape index (κ2) is 2.33. The molecule has 1 N–H and O–H groups in total. The Morgan fingerprint density at radius 3 is 2.00 bits per heavy atom. The lowest BCUT2D eigenvalue weighted by Crippen LogP contribution is -1.74. The molecule has 0 aromatic carbocycles. The van der Waals surface area contributed by atoms with Gasteiger partial charge in [-0.3, -0.25) is 0 Å². The summed E-state index contributed by atoms with van der Waals surface area (Å²) >= 11 is 0. The van der Waals surface area contributed by atoms with Crippen LogP contribution in [-0.2, 0) is 0 Å². The minimum atomic E-state index is 1.15. The summed E-state index contributed by atoms with van der Waals surface area (Å²) in [6.45, 7) is 10.0. The van der Waals surface area contributed by atoms with Crippen LogP contribution in [0.15, 0.2) is 6.58 Å². The molecule has 0 fully saturated rings. The van der Waals surface area contributed by atoms with Crippen LogP contribution in [0.4, 0.5) is 0 Å². The molecule has 54 valence electrons. The fraction of sp³-hybridized carbons (Fsp3) is 0.333. The Morgan fingerprint density at radius 2 is 1.80 bits per heavy atom. The molecule has 0 aliphatic rings. The van der Waals surface area contributed by atoms with E-state index in [0.717, 1.165) is 5.69 Å². The number of aryl methyl sites for hydroxylation is 1. The smallest absolute Gasteiger partial charge is 0.0408 e. The standard InChI is InChI=1S/C9H13N/c1-5-9-7(3)6(2)8(4)10-9/h5,10H,1H2,2-4H3. The number of aromatic nitrogens is 1. The van der Waals surface area contributed by atoms with E-state index in [1.54, 1.807) is 0 Å². The van der Waals surface area contributed by atoms with Crippen molar-refractivity contribution in [3.63, 3.8) is 0 Å². The molecule has 0 amide bonds. The topological polar surface area (TPSA) is 15.8 Å². The van der Waals surface area contributed by atoms with Crippen LogP contribution < -0.4 is 0 Å². The molecule has 10 heavy (non-hydrogen) atoms. The predicted octanol–water partition coefficient (Wildman–Crippen LogP) is 2.58. The molecule has 0 bridgehead atoms. The van der Waals surface area contributed by atoms with Gasteiger partial charge >= 0.3 is 0 Å². The van der Waals surface area contributed by atoms with Gasteiger partial charge in [0.25, 0.3) is 0 Å². The highest BCUT2D eigenvalue weighted by molar-refractivity contribution is 5.51. The highest BCUT2D eigenvalue weighted by Gasteiger charge is 2.02. The van der Waals surface area contributed by atoms with Crippen molar-refractivity contribution in [2.24, 2.45) is 0 Å². The summed E-state index contributed by atoms with van der Waals surface area (Å²) in [5.41, 5.74) is 5.05. The van der Waals surface area contributed by atoms with Crippen LogP contribution >= 0.6 is 0 Å². The first-order valence-electron chi connectivity index (χ1n) is 3.45. The number of hydrogen-bond donors (Lipinski definition) is 1. The fourth-order valence-electron chi connectivity index (χ4n) is 1.08. The molecule has 1 aromatic rings. The Morgan fingerprint density at radius 1 is 1.20 bits per heavy atom. The van der Waals surface area contributed by atoms with E-state index in [9.17, 15) is 0 Å². The lowest BCUT2D eigenvalue weighted by molar-refractivity contribution is 1.22. The van der Waals surface area contributed by atoms with Crippen molar-refractivity contribution in [1.29, 1.82) is 0 Å². The van der Waals surface area contributed by atoms with E-state index in [1.165, 1.54) is 16.8 Å². The summed E-state index contributed by atoms with van der Waals surface area (Å²) in [6.07, 6.45) is 1.86. The maximum absolute atomic E-state index is 3.71. The van der Waals surface area contributed by atoms with E-state index in [-0.39, 0.29) is 0 Å². The molecule has 0 saturated heterocycles. The van der Waals surface area contributed by atoms with Crippen LogP contribution in [0.5, 0.6) is 0 Å². The van der Waals surface area contributed by atoms with Crippen molar-refractivity contribution in [3.05, 3.63) is 29.1 Å². The zero-order chi connectivity index (χ0) is 7.72. The average Bonchev–Trinajstić information content (AvgIpc) is 2.17. The molecule has 0 spiro atoms. The molecular formula is C9H13N. The van der Waals surface area contributed by atoms with E-state index in [0.29, 0.717) is 0 Å². The van der Waals surface area contributed by atoms with Crippen LogP contribution in [0.3, 0.4) is 0 Å². The SMILES string of the molecule is C=Cc1[nH]c(C)c(C)c1C. The molecule has 0 saturated carbocycles. The van der Waals surface area contributed by atoms with Crippen molar-refractivity contribution in [2.75, 3.05) is 0 Å². The van der Waals surface area contributed by atoms with Gasteiger partial charge in [-0.15, -0.1) is 0 Å². The zero-order valence-corrected chi connectivity index (χ0v) is 6.78. The second-order valence-corrected chi connectivity index (χ2v) is 2.62. The van der Waals surface area contributed by atoms with Crippen molar-refractivity contribution in [1.82, 2.24) is 4.98 Å². The first-order valence-corrected chi connectivity index (χ1v) is 3.45. The maximum Gasteiger partial charge on any atom is 0.0408 e. The van der Waals surface area contributed by atoms with Gasteiger partial charge in [0.2, 0.25) is 0 Å². The van der Waals surface area contributed by atoms with Gasteiger partial charge in [0, 0.05) is 11.4 Å². The minimum Gasteiger partial charge on any atom is -0.359 e. The molecule has 1 heteroatoms. The van der Waals surface area contributed by atoms with E-state index in [1.807, 2.05) is 6.08 Å². The van der Waals surface area contributed by atoms with Gasteiger partial charge in [0.1, 0.15) is 0 Å². The highest BCUT2D eigenvalue weighted by Crippen LogP contribution is 2.16. The summed E-state index contributed by atoms with van der Waals surface area (Å²) in [4.78, 5) is 3.24. The Hall–Kier alpha value is -0.980. The summed E-state index contributed by atoms with van der Waals surface area (Å²) in [5, 5.41) is 0. The van der Waals surface area contributed by atoms with E-state index >= 15 is 0 Å². The third-order valence-corrected chi connectivity index (χ3v) is 2.06. The van der Waals surface area contributed by atoms with E-state index < -0.39 is 0 Å². The molecule has 1 heterocycles. The van der Waals surface area contributed by atoms with Crippen LogP contribution in [0.2, 0.25) is 0 Å². The van der Waals surface area contributed by atoms with Crippen molar-refractivity contribution < 1.29 is 0 Å². The van der Waals surface area contributed by atoms with Gasteiger partial charge in [-0.25, -0.2) is 0 Å². The number of hydrogen-bond acceptors (Lipinski definition) is 0. The predicted molar refractivity (Wildman–Crippen MR) is 45.1 cm³/mol. The Kier molecular flexibility index (Phi) is 1.66. The summed E-state index contributed by atoms with van der Waals surface area (Å²) in [5.74, 6) is 0. The van der Waals surface area contributed by atoms with Crippen LogP contribution in [0.25, 0.3) is 6.08 Å². The molecule has 0 unspecified atom stereocenters. The summed E-state index contributed by atoms with van der Waals surface area (Å²) < 4.78 is 0. The largest absolute Gasteiger partial charge is 0.359 e. The Bertz CT molecular complexity index is 256. The Balaban J connectivity index is 3.30. The molecule has 0 atom stereocenters. The minimum absolute atomic E-state index is 1.15. The number of H-pyrrole nitrogens is 1. The summed E-state index contributed by atoms with van der Waals surface area (Å²) in [7, 11) is 0. The fourth-order valence-corrected chi connectivity index (χ4v) is 1.08. The van der Waals surface area contributed by atoms with Gasteiger partial charge in [-0.05, 0) is 38.0 Å². The number of aromatic amines is 1. The van der Waals surface area contributed by atoms with Gasteiger partial charge < -0.3 is 4.98 Å². The van der Waals surface area contributed by atoms with E-state index in [2.05, 4.69) is 32.3 Å². The van der Waals surface area contributed by atoms with Gasteiger partial charge in [-0.1, -0.05) is 6.58 Å². The van der Waals surface area contributed by atoms with Gasteiger partial charge in [0.05, 0.1) is 0 Å². The third-order valence-electron chi connectivity index (χ3n) is 2.06. The number of rotatable bonds is 1. The molecule has 1 nitrogen and oxygen atoms in total. The average molecular weight is 135 g/mol. The lowest BCUT2D eigenvalue weighted by Gasteiger charge is -1.89. The van der Waals surface area contributed by atoms with Crippen molar-refractivity contribution in [3.8, 4) is 0 Å². The normalized spacial score (nSPS) is 9.90. The first-order chi connectivity index (χ1) is 4.66.